The molecule has 1 aromatic heterocycles. The Morgan fingerprint density at radius 1 is 1.03 bits per heavy atom. The number of nitro benzene ring substituents is 1. The van der Waals surface area contributed by atoms with Crippen molar-refractivity contribution in [3.05, 3.63) is 70.0 Å². The Labute approximate surface area is 171 Å². The first-order chi connectivity index (χ1) is 14.3. The lowest BCUT2D eigenvalue weighted by molar-refractivity contribution is -0.384. The molecule has 30 heavy (non-hydrogen) atoms. The normalized spacial score (nSPS) is 13.7. The molecule has 0 saturated carbocycles. The molecule has 0 spiro atoms. The Morgan fingerprint density at radius 3 is 2.23 bits per heavy atom. The minimum absolute atomic E-state index is 0.00176. The molecular weight excluding hydrogens is 396 g/mol. The number of amides is 1. The van der Waals surface area contributed by atoms with Crippen molar-refractivity contribution in [3.8, 4) is 0 Å². The molecule has 11 heteroatoms. The summed E-state index contributed by atoms with van der Waals surface area (Å²) in [6, 6.07) is 10.2. The van der Waals surface area contributed by atoms with Gasteiger partial charge in [-0.1, -0.05) is 12.1 Å². The summed E-state index contributed by atoms with van der Waals surface area (Å²) in [5, 5.41) is 25.6. The molecule has 1 amide bonds. The van der Waals surface area contributed by atoms with Gasteiger partial charge in [0.15, 0.2) is 0 Å². The summed E-state index contributed by atoms with van der Waals surface area (Å²) < 4.78 is 0. The average Bonchev–Trinajstić information content (AvgIpc) is 2.75. The van der Waals surface area contributed by atoms with E-state index >= 15 is 0 Å². The number of piperazine rings is 1. The Balaban J connectivity index is 0.000000469. The first-order valence-corrected chi connectivity index (χ1v) is 8.89. The molecule has 1 saturated heterocycles. The van der Waals surface area contributed by atoms with Gasteiger partial charge < -0.3 is 15.1 Å². The summed E-state index contributed by atoms with van der Waals surface area (Å²) in [6.45, 7) is 3.42. The van der Waals surface area contributed by atoms with Gasteiger partial charge in [0.25, 0.3) is 11.6 Å². The van der Waals surface area contributed by atoms with E-state index in [0.717, 1.165) is 18.7 Å². The lowest BCUT2D eigenvalue weighted by Crippen LogP contribution is -2.48. The number of non-ortho nitro benzene ring substituents is 1. The van der Waals surface area contributed by atoms with Crippen LogP contribution in [0.4, 0.5) is 5.69 Å². The highest BCUT2D eigenvalue weighted by Crippen LogP contribution is 2.16. The second-order valence-corrected chi connectivity index (χ2v) is 6.35. The van der Waals surface area contributed by atoms with E-state index in [0.29, 0.717) is 25.2 Å². The fourth-order valence-electron chi connectivity index (χ4n) is 2.81. The fourth-order valence-corrected chi connectivity index (χ4v) is 2.81. The zero-order chi connectivity index (χ0) is 22.1. The van der Waals surface area contributed by atoms with Gasteiger partial charge in [-0.15, -0.1) is 0 Å². The summed E-state index contributed by atoms with van der Waals surface area (Å²) >= 11 is 0. The lowest BCUT2D eigenvalue weighted by Gasteiger charge is -2.34. The van der Waals surface area contributed by atoms with Gasteiger partial charge >= 0.3 is 11.9 Å². The smallest absolute Gasteiger partial charge is 0.414 e. The number of carboxylic acids is 2. The van der Waals surface area contributed by atoms with Crippen LogP contribution in [0.2, 0.25) is 0 Å². The van der Waals surface area contributed by atoms with E-state index in [4.69, 9.17) is 19.8 Å². The molecule has 0 radical (unpaired) electrons. The van der Waals surface area contributed by atoms with Crippen molar-refractivity contribution in [2.75, 3.05) is 26.2 Å². The third-order valence-electron chi connectivity index (χ3n) is 4.28. The second kappa shape index (κ2) is 10.6. The highest BCUT2D eigenvalue weighted by atomic mass is 16.6. The number of carbonyl (C=O) groups excluding carboxylic acids is 1. The predicted octanol–water partition coefficient (Wildman–Crippen LogP) is 1.10. The molecular formula is C19H20N4O7. The van der Waals surface area contributed by atoms with Crippen LogP contribution in [0.3, 0.4) is 0 Å². The van der Waals surface area contributed by atoms with Crippen LogP contribution in [0.5, 0.6) is 0 Å². The van der Waals surface area contributed by atoms with Crippen molar-refractivity contribution >= 4 is 23.5 Å². The Bertz CT molecular complexity index is 900. The van der Waals surface area contributed by atoms with Crippen LogP contribution in [0.15, 0.2) is 48.8 Å². The minimum Gasteiger partial charge on any atom is -0.473 e. The van der Waals surface area contributed by atoms with Gasteiger partial charge in [0.2, 0.25) is 0 Å². The van der Waals surface area contributed by atoms with Crippen LogP contribution in [-0.2, 0) is 16.1 Å². The Morgan fingerprint density at radius 2 is 1.70 bits per heavy atom. The monoisotopic (exact) mass is 416 g/mol. The van der Waals surface area contributed by atoms with Crippen molar-refractivity contribution in [1.29, 1.82) is 0 Å². The number of aliphatic carboxylic acids is 2. The lowest BCUT2D eigenvalue weighted by atomic mass is 10.1. The quantitative estimate of drug-likeness (QED) is 0.423. The van der Waals surface area contributed by atoms with Crippen LogP contribution in [-0.4, -0.2) is 73.9 Å². The van der Waals surface area contributed by atoms with E-state index in [1.807, 2.05) is 11.0 Å². The molecule has 1 aromatic carbocycles. The van der Waals surface area contributed by atoms with E-state index < -0.39 is 11.9 Å². The maximum absolute atomic E-state index is 12.4. The third-order valence-corrected chi connectivity index (χ3v) is 4.28. The zero-order valence-corrected chi connectivity index (χ0v) is 15.9. The molecule has 2 aromatic rings. The number of rotatable bonds is 4. The molecule has 0 unspecified atom stereocenters. The van der Waals surface area contributed by atoms with E-state index in [1.54, 1.807) is 36.7 Å². The molecule has 0 bridgehead atoms. The second-order valence-electron chi connectivity index (χ2n) is 6.35. The first kappa shape index (κ1) is 22.4. The van der Waals surface area contributed by atoms with Crippen LogP contribution < -0.4 is 0 Å². The number of nitrogens with zero attached hydrogens (tertiary/aromatic N) is 4. The number of nitro groups is 1. The van der Waals surface area contributed by atoms with Crippen LogP contribution >= 0.6 is 0 Å². The number of hydrogen-bond donors (Lipinski definition) is 2. The molecule has 2 N–H and O–H groups in total. The maximum atomic E-state index is 12.4. The molecule has 3 rings (SSSR count). The van der Waals surface area contributed by atoms with E-state index in [-0.39, 0.29) is 16.5 Å². The summed E-state index contributed by atoms with van der Waals surface area (Å²) in [4.78, 5) is 49.0. The first-order valence-electron chi connectivity index (χ1n) is 8.89. The summed E-state index contributed by atoms with van der Waals surface area (Å²) in [5.41, 5.74) is 1.62. The van der Waals surface area contributed by atoms with Crippen LogP contribution in [0, 0.1) is 10.1 Å². The number of hydrogen-bond acceptors (Lipinski definition) is 7. The van der Waals surface area contributed by atoms with Gasteiger partial charge in [-0.05, 0) is 17.7 Å². The van der Waals surface area contributed by atoms with Crippen molar-refractivity contribution in [2.45, 2.75) is 6.54 Å². The summed E-state index contributed by atoms with van der Waals surface area (Å²) in [5.74, 6) is -3.65. The molecule has 0 aliphatic carbocycles. The highest BCUT2D eigenvalue weighted by Gasteiger charge is 2.22. The largest absolute Gasteiger partial charge is 0.473 e. The Kier molecular flexibility index (Phi) is 7.94. The topological polar surface area (TPSA) is 154 Å². The SMILES string of the molecule is O=C(O)C(=O)O.O=C(c1cccnc1)N1CCN(Cc2cccc([N+](=O)[O-])c2)CC1. The van der Waals surface area contributed by atoms with Gasteiger partial charge in [-0.25, -0.2) is 9.59 Å². The molecule has 1 aliphatic heterocycles. The molecule has 158 valence electrons. The molecule has 1 aliphatic rings. The van der Waals surface area contributed by atoms with Gasteiger partial charge in [-0.2, -0.15) is 0 Å². The van der Waals surface area contributed by atoms with Crippen molar-refractivity contribution < 1.29 is 29.5 Å². The van der Waals surface area contributed by atoms with Gasteiger partial charge in [0.05, 0.1) is 10.5 Å². The van der Waals surface area contributed by atoms with Gasteiger partial charge in [-0.3, -0.25) is 24.8 Å². The van der Waals surface area contributed by atoms with E-state index in [1.165, 1.54) is 6.07 Å². The zero-order valence-electron chi connectivity index (χ0n) is 15.9. The number of benzene rings is 1. The fraction of sp³-hybridized carbons (Fsp3) is 0.263. The van der Waals surface area contributed by atoms with E-state index in [9.17, 15) is 14.9 Å². The Hall–Kier alpha value is -3.86. The van der Waals surface area contributed by atoms with E-state index in [2.05, 4.69) is 9.88 Å². The summed E-state index contributed by atoms with van der Waals surface area (Å²) in [6.07, 6.45) is 3.23. The van der Waals surface area contributed by atoms with Gasteiger partial charge in [0.1, 0.15) is 0 Å². The number of pyridine rings is 1. The predicted molar refractivity (Wildman–Crippen MR) is 104 cm³/mol. The average molecular weight is 416 g/mol. The molecule has 0 atom stereocenters. The maximum Gasteiger partial charge on any atom is 0.414 e. The molecule has 1 fully saturated rings. The number of carboxylic acid groups (broad SMARTS) is 2. The third kappa shape index (κ3) is 6.63. The highest BCUT2D eigenvalue weighted by molar-refractivity contribution is 6.27. The minimum atomic E-state index is -1.82. The summed E-state index contributed by atoms with van der Waals surface area (Å²) in [7, 11) is 0. The molecule has 11 nitrogen and oxygen atoms in total. The van der Waals surface area contributed by atoms with Gasteiger partial charge in [0, 0.05) is 57.3 Å². The van der Waals surface area contributed by atoms with Crippen molar-refractivity contribution in [1.82, 2.24) is 14.8 Å². The number of carbonyl (C=O) groups is 3. The van der Waals surface area contributed by atoms with Crippen LogP contribution in [0.1, 0.15) is 15.9 Å². The van der Waals surface area contributed by atoms with Crippen molar-refractivity contribution in [3.63, 3.8) is 0 Å². The molecule has 2 heterocycles. The number of aromatic nitrogens is 1. The van der Waals surface area contributed by atoms with Crippen molar-refractivity contribution in [2.24, 2.45) is 0 Å². The standard InChI is InChI=1S/C17H18N4O3.C2H2O4/c22-17(15-4-2-6-18-12-15)20-9-7-19(8-10-20)13-14-3-1-5-16(11-14)21(23)24;3-1(4)2(5)6/h1-6,11-12H,7-10,13H2;(H,3,4)(H,5,6). The van der Waals surface area contributed by atoms with Crippen LogP contribution in [0.25, 0.3) is 0 Å².